The predicted octanol–water partition coefficient (Wildman–Crippen LogP) is 2.97. The third kappa shape index (κ3) is 2.00. The van der Waals surface area contributed by atoms with E-state index in [0.29, 0.717) is 16.3 Å². The molecule has 94 valence electrons. The number of methoxy groups -OCH3 is 1. The van der Waals surface area contributed by atoms with Gasteiger partial charge in [0.05, 0.1) is 7.11 Å². The Bertz CT molecular complexity index is 429. The molecule has 1 fully saturated rings. The van der Waals surface area contributed by atoms with Gasteiger partial charge in [0.1, 0.15) is 5.75 Å². The van der Waals surface area contributed by atoms with E-state index in [1.165, 1.54) is 7.11 Å². The van der Waals surface area contributed by atoms with E-state index >= 15 is 0 Å². The molecule has 1 aromatic rings. The molecule has 2 N–H and O–H groups in total. The summed E-state index contributed by atoms with van der Waals surface area (Å²) in [6, 6.07) is 5.12. The van der Waals surface area contributed by atoms with Gasteiger partial charge in [-0.2, -0.15) is 0 Å². The van der Waals surface area contributed by atoms with Gasteiger partial charge in [-0.25, -0.2) is 8.78 Å². The summed E-state index contributed by atoms with van der Waals surface area (Å²) in [5.74, 6) is -2.12. The van der Waals surface area contributed by atoms with Crippen molar-refractivity contribution in [2.75, 3.05) is 13.7 Å². The van der Waals surface area contributed by atoms with Crippen LogP contribution in [0, 0.1) is 0 Å². The van der Waals surface area contributed by atoms with E-state index in [-0.39, 0.29) is 19.4 Å². The largest absolute Gasteiger partial charge is 0.496 e. The summed E-state index contributed by atoms with van der Waals surface area (Å²) < 4.78 is 31.5. The third-order valence-corrected chi connectivity index (χ3v) is 3.63. The predicted molar refractivity (Wildman–Crippen MR) is 62.9 cm³/mol. The Labute approximate surface area is 104 Å². The Morgan fingerprint density at radius 3 is 2.53 bits per heavy atom. The molecule has 17 heavy (non-hydrogen) atoms. The summed E-state index contributed by atoms with van der Waals surface area (Å²) >= 11 is 6.10. The molecule has 5 heteroatoms. The lowest BCUT2D eigenvalue weighted by molar-refractivity contribution is -0.124. The molecule has 1 aromatic carbocycles. The number of nitrogens with two attached hydrogens (primary N) is 1. The van der Waals surface area contributed by atoms with Gasteiger partial charge in [-0.15, -0.1) is 0 Å². The highest BCUT2D eigenvalue weighted by atomic mass is 35.5. The van der Waals surface area contributed by atoms with Crippen LogP contribution in [-0.2, 0) is 5.41 Å². The summed E-state index contributed by atoms with van der Waals surface area (Å²) in [4.78, 5) is 0. The van der Waals surface area contributed by atoms with Crippen LogP contribution in [0.15, 0.2) is 18.2 Å². The van der Waals surface area contributed by atoms with Crippen LogP contribution in [0.5, 0.6) is 5.75 Å². The third-order valence-electron chi connectivity index (χ3n) is 3.31. The molecule has 0 heterocycles. The Hall–Kier alpha value is -0.870. The van der Waals surface area contributed by atoms with Crippen molar-refractivity contribution in [3.63, 3.8) is 0 Å². The summed E-state index contributed by atoms with van der Waals surface area (Å²) in [5.41, 5.74) is 5.52. The van der Waals surface area contributed by atoms with Gasteiger partial charge < -0.3 is 10.5 Å². The molecule has 0 aliphatic heterocycles. The number of hydrogen-bond donors (Lipinski definition) is 1. The molecular formula is C12H14ClF2NO. The quantitative estimate of drug-likeness (QED) is 0.908. The molecule has 0 unspecified atom stereocenters. The van der Waals surface area contributed by atoms with Gasteiger partial charge in [0, 0.05) is 35.4 Å². The van der Waals surface area contributed by atoms with Crippen molar-refractivity contribution in [2.45, 2.75) is 24.2 Å². The van der Waals surface area contributed by atoms with Gasteiger partial charge in [-0.05, 0) is 12.1 Å². The molecule has 0 bridgehead atoms. The molecule has 0 atom stereocenters. The number of hydrogen-bond acceptors (Lipinski definition) is 2. The molecule has 0 amide bonds. The molecule has 1 aliphatic carbocycles. The highest BCUT2D eigenvalue weighted by Crippen LogP contribution is 2.56. The standard InChI is InChI=1S/C12H14ClF2NO/c1-17-9-4-2-3-8(13)10(9)11(7-16)5-12(14,15)6-11/h2-4H,5-7,16H2,1H3. The first-order chi connectivity index (χ1) is 7.94. The van der Waals surface area contributed by atoms with E-state index in [1.54, 1.807) is 18.2 Å². The SMILES string of the molecule is COc1cccc(Cl)c1C1(CN)CC(F)(F)C1. The molecule has 0 radical (unpaired) electrons. The maximum absolute atomic E-state index is 13.1. The first kappa shape index (κ1) is 12.6. The number of benzene rings is 1. The number of rotatable bonds is 3. The molecule has 1 saturated carbocycles. The van der Waals surface area contributed by atoms with E-state index in [2.05, 4.69) is 0 Å². The number of alkyl halides is 2. The van der Waals surface area contributed by atoms with Gasteiger partial charge in [0.15, 0.2) is 0 Å². The lowest BCUT2D eigenvalue weighted by Gasteiger charge is -2.47. The summed E-state index contributed by atoms with van der Waals surface area (Å²) in [5, 5.41) is 0.435. The lowest BCUT2D eigenvalue weighted by Crippen LogP contribution is -2.54. The Kier molecular flexibility index (Phi) is 3.04. The normalized spacial score (nSPS) is 20.8. The van der Waals surface area contributed by atoms with Crippen LogP contribution in [0.2, 0.25) is 5.02 Å². The zero-order chi connectivity index (χ0) is 12.7. The summed E-state index contributed by atoms with van der Waals surface area (Å²) in [7, 11) is 1.50. The highest BCUT2D eigenvalue weighted by Gasteiger charge is 2.58. The van der Waals surface area contributed by atoms with Crippen LogP contribution >= 0.6 is 11.6 Å². The number of ether oxygens (including phenoxy) is 1. The van der Waals surface area contributed by atoms with E-state index in [1.807, 2.05) is 0 Å². The second-order valence-electron chi connectivity index (χ2n) is 4.51. The second-order valence-corrected chi connectivity index (χ2v) is 4.92. The van der Waals surface area contributed by atoms with E-state index in [0.717, 1.165) is 0 Å². The first-order valence-corrected chi connectivity index (χ1v) is 5.73. The second kappa shape index (κ2) is 4.10. The molecule has 0 aromatic heterocycles. The minimum absolute atomic E-state index is 0.142. The van der Waals surface area contributed by atoms with Crippen LogP contribution in [0.4, 0.5) is 8.78 Å². The van der Waals surface area contributed by atoms with Crippen molar-refractivity contribution in [1.82, 2.24) is 0 Å². The Morgan fingerprint density at radius 2 is 2.06 bits per heavy atom. The van der Waals surface area contributed by atoms with Gasteiger partial charge in [0.2, 0.25) is 5.92 Å². The maximum atomic E-state index is 13.1. The fourth-order valence-corrected chi connectivity index (χ4v) is 2.92. The molecule has 2 nitrogen and oxygen atoms in total. The van der Waals surface area contributed by atoms with Crippen molar-refractivity contribution < 1.29 is 13.5 Å². The van der Waals surface area contributed by atoms with Crippen LogP contribution in [0.25, 0.3) is 0 Å². The van der Waals surface area contributed by atoms with Crippen molar-refractivity contribution in [1.29, 1.82) is 0 Å². The van der Waals surface area contributed by atoms with Gasteiger partial charge >= 0.3 is 0 Å². The topological polar surface area (TPSA) is 35.2 Å². The zero-order valence-corrected chi connectivity index (χ0v) is 10.2. The monoisotopic (exact) mass is 261 g/mol. The lowest BCUT2D eigenvalue weighted by atomic mass is 9.62. The van der Waals surface area contributed by atoms with Gasteiger partial charge in [-0.3, -0.25) is 0 Å². The fraction of sp³-hybridized carbons (Fsp3) is 0.500. The van der Waals surface area contributed by atoms with Crippen LogP contribution in [0.3, 0.4) is 0 Å². The van der Waals surface area contributed by atoms with Crippen molar-refractivity contribution in [3.8, 4) is 5.75 Å². The summed E-state index contributed by atoms with van der Waals surface area (Å²) in [6.07, 6.45) is -0.535. The van der Waals surface area contributed by atoms with Gasteiger partial charge in [-0.1, -0.05) is 17.7 Å². The summed E-state index contributed by atoms with van der Waals surface area (Å²) in [6.45, 7) is 0.142. The van der Waals surface area contributed by atoms with Crippen LogP contribution in [0.1, 0.15) is 18.4 Å². The Morgan fingerprint density at radius 1 is 1.41 bits per heavy atom. The van der Waals surface area contributed by atoms with E-state index in [9.17, 15) is 8.78 Å². The average molecular weight is 262 g/mol. The fourth-order valence-electron chi connectivity index (χ4n) is 2.55. The molecule has 1 aliphatic rings. The van der Waals surface area contributed by atoms with E-state index in [4.69, 9.17) is 22.1 Å². The van der Waals surface area contributed by atoms with E-state index < -0.39 is 11.3 Å². The highest BCUT2D eigenvalue weighted by molar-refractivity contribution is 6.31. The number of halogens is 3. The molecule has 0 spiro atoms. The zero-order valence-electron chi connectivity index (χ0n) is 9.47. The van der Waals surface area contributed by atoms with Gasteiger partial charge in [0.25, 0.3) is 0 Å². The first-order valence-electron chi connectivity index (χ1n) is 5.35. The Balaban J connectivity index is 2.46. The van der Waals surface area contributed by atoms with Crippen molar-refractivity contribution >= 4 is 11.6 Å². The average Bonchev–Trinajstić information content (AvgIpc) is 2.25. The molecule has 2 rings (SSSR count). The minimum atomic E-state index is -2.65. The maximum Gasteiger partial charge on any atom is 0.250 e. The van der Waals surface area contributed by atoms with Crippen molar-refractivity contribution in [2.24, 2.45) is 5.73 Å². The molecular weight excluding hydrogens is 248 g/mol. The smallest absolute Gasteiger partial charge is 0.250 e. The minimum Gasteiger partial charge on any atom is -0.496 e. The molecule has 0 saturated heterocycles. The van der Waals surface area contributed by atoms with Crippen LogP contribution in [-0.4, -0.2) is 19.6 Å². The van der Waals surface area contributed by atoms with Crippen LogP contribution < -0.4 is 10.5 Å². The van der Waals surface area contributed by atoms with Crippen molar-refractivity contribution in [3.05, 3.63) is 28.8 Å².